The first-order chi connectivity index (χ1) is 14.9. The minimum absolute atomic E-state index is 0.121. The number of benzene rings is 2. The number of nitrogens with zero attached hydrogens (tertiary/aromatic N) is 2. The number of amides is 1. The Morgan fingerprint density at radius 3 is 2.10 bits per heavy atom. The van der Waals surface area contributed by atoms with Crippen molar-refractivity contribution in [2.75, 3.05) is 48.5 Å². The van der Waals surface area contributed by atoms with Crippen molar-refractivity contribution in [3.8, 4) is 17.2 Å². The van der Waals surface area contributed by atoms with Crippen LogP contribution in [-0.4, -0.2) is 70.3 Å². The van der Waals surface area contributed by atoms with Crippen LogP contribution < -0.4 is 19.5 Å². The van der Waals surface area contributed by atoms with Crippen molar-refractivity contribution < 1.29 is 19.0 Å². The molecule has 2 aromatic carbocycles. The first kappa shape index (κ1) is 22.9. The van der Waals surface area contributed by atoms with E-state index in [0.717, 1.165) is 18.7 Å². The molecule has 1 aliphatic rings. The van der Waals surface area contributed by atoms with E-state index in [1.165, 1.54) is 0 Å². The second-order valence-corrected chi connectivity index (χ2v) is 7.97. The summed E-state index contributed by atoms with van der Waals surface area (Å²) in [6.07, 6.45) is 0.671. The molecular formula is C24H33N3O4. The number of hydrogen-bond donors (Lipinski definition) is 1. The van der Waals surface area contributed by atoms with Crippen molar-refractivity contribution in [3.05, 3.63) is 53.6 Å². The number of nitrogens with one attached hydrogen (secondary N) is 1. The zero-order chi connectivity index (χ0) is 22.6. The van der Waals surface area contributed by atoms with E-state index in [9.17, 15) is 4.79 Å². The third kappa shape index (κ3) is 4.34. The Morgan fingerprint density at radius 1 is 1.06 bits per heavy atom. The zero-order valence-corrected chi connectivity index (χ0v) is 19.3. The van der Waals surface area contributed by atoms with Gasteiger partial charge in [-0.3, -0.25) is 9.69 Å². The van der Waals surface area contributed by atoms with Gasteiger partial charge in [0, 0.05) is 24.7 Å². The molecule has 0 bridgehead atoms. The van der Waals surface area contributed by atoms with Crippen LogP contribution in [0.2, 0.25) is 0 Å². The van der Waals surface area contributed by atoms with Crippen molar-refractivity contribution in [1.82, 2.24) is 15.1 Å². The summed E-state index contributed by atoms with van der Waals surface area (Å²) in [5.41, 5.74) is 0.801. The van der Waals surface area contributed by atoms with Crippen LogP contribution in [0, 0.1) is 0 Å². The summed E-state index contributed by atoms with van der Waals surface area (Å²) in [5, 5.41) is 3.33. The Morgan fingerprint density at radius 2 is 1.65 bits per heavy atom. The lowest BCUT2D eigenvalue weighted by Gasteiger charge is -2.54. The Balaban J connectivity index is 2.08. The molecule has 1 saturated heterocycles. The third-order valence-electron chi connectivity index (χ3n) is 6.14. The fraction of sp³-hybridized carbons (Fsp3) is 0.458. The average Bonchev–Trinajstić information content (AvgIpc) is 2.76. The fourth-order valence-electron chi connectivity index (χ4n) is 4.11. The van der Waals surface area contributed by atoms with E-state index in [2.05, 4.69) is 36.1 Å². The van der Waals surface area contributed by atoms with Crippen LogP contribution in [0.25, 0.3) is 0 Å². The maximum atomic E-state index is 13.2. The Labute approximate surface area is 184 Å². The lowest BCUT2D eigenvalue weighted by Crippen LogP contribution is -2.69. The van der Waals surface area contributed by atoms with Crippen LogP contribution in [0.1, 0.15) is 29.3 Å². The van der Waals surface area contributed by atoms with Gasteiger partial charge in [-0.2, -0.15) is 0 Å². The van der Waals surface area contributed by atoms with Crippen molar-refractivity contribution in [2.45, 2.75) is 25.0 Å². The summed E-state index contributed by atoms with van der Waals surface area (Å²) in [6.45, 7) is 3.76. The van der Waals surface area contributed by atoms with Crippen LogP contribution in [0.4, 0.5) is 0 Å². The number of methoxy groups -OCH3 is 3. The summed E-state index contributed by atoms with van der Waals surface area (Å²) in [5.74, 6) is 1.54. The number of carbonyl (C=O) groups excluding carboxylic acids is 1. The van der Waals surface area contributed by atoms with Gasteiger partial charge in [-0.15, -0.1) is 0 Å². The highest BCUT2D eigenvalue weighted by atomic mass is 16.5. The van der Waals surface area contributed by atoms with Crippen molar-refractivity contribution in [1.29, 1.82) is 0 Å². The standard InChI is InChI=1S/C24H33N3O4/c1-7-24(27-15-19(16-27)26(2)3,25-23(28)17-11-9-8-10-12-17)18-13-20(29-4)22(31-6)21(14-18)30-5/h8-14,19H,7,15-16H2,1-6H3,(H,25,28)/t24-/m1/s1. The second-order valence-electron chi connectivity index (χ2n) is 7.97. The van der Waals surface area contributed by atoms with Crippen LogP contribution in [0.5, 0.6) is 17.2 Å². The van der Waals surface area contributed by atoms with E-state index in [0.29, 0.717) is 35.3 Å². The molecule has 1 amide bonds. The van der Waals surface area contributed by atoms with Crippen molar-refractivity contribution in [2.24, 2.45) is 0 Å². The largest absolute Gasteiger partial charge is 0.493 e. The lowest BCUT2D eigenvalue weighted by atomic mass is 9.88. The fourth-order valence-corrected chi connectivity index (χ4v) is 4.11. The highest BCUT2D eigenvalue weighted by Gasteiger charge is 2.46. The van der Waals surface area contributed by atoms with Crippen LogP contribution in [-0.2, 0) is 5.66 Å². The topological polar surface area (TPSA) is 63.3 Å². The molecule has 0 radical (unpaired) electrons. The Kier molecular flexibility index (Phi) is 7.08. The maximum absolute atomic E-state index is 13.2. The highest BCUT2D eigenvalue weighted by Crippen LogP contribution is 2.44. The molecule has 0 saturated carbocycles. The normalized spacial score (nSPS) is 16.4. The molecule has 31 heavy (non-hydrogen) atoms. The molecule has 1 heterocycles. The predicted octanol–water partition coefficient (Wildman–Crippen LogP) is 2.95. The van der Waals surface area contributed by atoms with Gasteiger partial charge in [0.15, 0.2) is 11.5 Å². The molecule has 0 aliphatic carbocycles. The molecule has 168 valence electrons. The van der Waals surface area contributed by atoms with Crippen molar-refractivity contribution in [3.63, 3.8) is 0 Å². The number of rotatable bonds is 9. The Hall–Kier alpha value is -2.77. The molecule has 1 atom stereocenters. The van der Waals surface area contributed by atoms with Crippen molar-refractivity contribution >= 4 is 5.91 Å². The van der Waals surface area contributed by atoms with Crippen LogP contribution in [0.3, 0.4) is 0 Å². The maximum Gasteiger partial charge on any atom is 0.252 e. The first-order valence-corrected chi connectivity index (χ1v) is 10.5. The monoisotopic (exact) mass is 427 g/mol. The number of hydrogen-bond acceptors (Lipinski definition) is 6. The quantitative estimate of drug-likeness (QED) is 0.664. The molecule has 0 spiro atoms. The Bertz CT molecular complexity index is 872. The van der Waals surface area contributed by atoms with Gasteiger partial charge < -0.3 is 24.4 Å². The molecule has 0 aromatic heterocycles. The molecule has 2 aromatic rings. The van der Waals surface area contributed by atoms with Gasteiger partial charge in [-0.1, -0.05) is 25.1 Å². The number of ether oxygens (including phenoxy) is 3. The molecule has 0 unspecified atom stereocenters. The van der Waals surface area contributed by atoms with E-state index in [1.807, 2.05) is 42.5 Å². The van der Waals surface area contributed by atoms with Crippen LogP contribution in [0.15, 0.2) is 42.5 Å². The van der Waals surface area contributed by atoms with E-state index in [-0.39, 0.29) is 5.91 Å². The number of carbonyl (C=O) groups is 1. The molecule has 1 N–H and O–H groups in total. The van der Waals surface area contributed by atoms with Gasteiger partial charge in [0.25, 0.3) is 5.91 Å². The zero-order valence-electron chi connectivity index (χ0n) is 19.3. The van der Waals surface area contributed by atoms with E-state index in [4.69, 9.17) is 14.2 Å². The molecule has 7 nitrogen and oxygen atoms in total. The predicted molar refractivity (Wildman–Crippen MR) is 121 cm³/mol. The van der Waals surface area contributed by atoms with E-state index < -0.39 is 5.66 Å². The summed E-state index contributed by atoms with van der Waals surface area (Å²) in [7, 11) is 8.95. The third-order valence-corrected chi connectivity index (χ3v) is 6.14. The molecular weight excluding hydrogens is 394 g/mol. The molecule has 1 aliphatic heterocycles. The molecule has 3 rings (SSSR count). The lowest BCUT2D eigenvalue weighted by molar-refractivity contribution is -0.0502. The summed E-state index contributed by atoms with van der Waals surface area (Å²) >= 11 is 0. The molecule has 1 fully saturated rings. The SMILES string of the molecule is CC[C@](NC(=O)c1ccccc1)(c1cc(OC)c(OC)c(OC)c1)N1CC(N(C)C)C1. The van der Waals surface area contributed by atoms with Crippen LogP contribution >= 0.6 is 0 Å². The van der Waals surface area contributed by atoms with Gasteiger partial charge >= 0.3 is 0 Å². The number of likely N-dealkylation sites (tertiary alicyclic amines) is 1. The van der Waals surface area contributed by atoms with E-state index >= 15 is 0 Å². The molecule has 7 heteroatoms. The van der Waals surface area contributed by atoms with Gasteiger partial charge in [-0.05, 0) is 50.3 Å². The van der Waals surface area contributed by atoms with Gasteiger partial charge in [-0.25, -0.2) is 0 Å². The smallest absolute Gasteiger partial charge is 0.252 e. The summed E-state index contributed by atoms with van der Waals surface area (Å²) in [6, 6.07) is 13.6. The number of likely N-dealkylation sites (N-methyl/N-ethyl adjacent to an activating group) is 1. The minimum atomic E-state index is -0.716. The van der Waals surface area contributed by atoms with Gasteiger partial charge in [0.1, 0.15) is 5.66 Å². The van der Waals surface area contributed by atoms with E-state index in [1.54, 1.807) is 21.3 Å². The first-order valence-electron chi connectivity index (χ1n) is 10.5. The van der Waals surface area contributed by atoms with Gasteiger partial charge in [0.2, 0.25) is 5.75 Å². The summed E-state index contributed by atoms with van der Waals surface area (Å²) in [4.78, 5) is 17.8. The average molecular weight is 428 g/mol. The minimum Gasteiger partial charge on any atom is -0.493 e. The highest BCUT2D eigenvalue weighted by molar-refractivity contribution is 5.94. The summed E-state index contributed by atoms with van der Waals surface area (Å²) < 4.78 is 16.7. The van der Waals surface area contributed by atoms with Gasteiger partial charge in [0.05, 0.1) is 21.3 Å². The second kappa shape index (κ2) is 9.58.